The minimum Gasteiger partial charge on any atom is -0.449 e. The zero-order chi connectivity index (χ0) is 18.6. The Kier molecular flexibility index (Phi) is 5.73. The van der Waals surface area contributed by atoms with Crippen molar-refractivity contribution in [3.8, 4) is 5.75 Å². The monoisotopic (exact) mass is 364 g/mol. The van der Waals surface area contributed by atoms with Gasteiger partial charge in [-0.15, -0.1) is 10.3 Å². The van der Waals surface area contributed by atoms with E-state index in [4.69, 9.17) is 4.18 Å². The van der Waals surface area contributed by atoms with E-state index in [2.05, 4.69) is 105 Å². The molecule has 0 heterocycles. The molecule has 2 heteroatoms. The zero-order valence-electron chi connectivity index (χ0n) is 16.1. The lowest BCUT2D eigenvalue weighted by atomic mass is 9.84. The molecule has 0 aliphatic carbocycles. The van der Waals surface area contributed by atoms with Crippen LogP contribution >= 0.6 is 10.3 Å². The van der Waals surface area contributed by atoms with Crippen molar-refractivity contribution in [2.24, 2.45) is 0 Å². The molecular formula is C24H28OS. The first-order chi connectivity index (χ1) is 12.5. The molecule has 0 atom stereocenters. The van der Waals surface area contributed by atoms with E-state index in [9.17, 15) is 0 Å². The molecule has 0 saturated carbocycles. The van der Waals surface area contributed by atoms with Crippen molar-refractivity contribution in [1.82, 2.24) is 0 Å². The molecule has 0 saturated heterocycles. The average molecular weight is 365 g/mol. The number of benzene rings is 3. The molecule has 26 heavy (non-hydrogen) atoms. The van der Waals surface area contributed by atoms with E-state index in [1.807, 2.05) is 0 Å². The Hall–Kier alpha value is -2.19. The number of aryl methyl sites for hydroxylation is 1. The van der Waals surface area contributed by atoms with Crippen LogP contribution in [0.4, 0.5) is 0 Å². The highest BCUT2D eigenvalue weighted by Gasteiger charge is 2.18. The van der Waals surface area contributed by atoms with Gasteiger partial charge in [-0.2, -0.15) is 0 Å². The highest BCUT2D eigenvalue weighted by atomic mass is 32.3. The van der Waals surface area contributed by atoms with Crippen LogP contribution in [0.3, 0.4) is 0 Å². The molecule has 0 fully saturated rings. The Morgan fingerprint density at radius 3 is 1.73 bits per heavy atom. The van der Waals surface area contributed by atoms with Crippen LogP contribution in [-0.2, 0) is 6.42 Å². The lowest BCUT2D eigenvalue weighted by Gasteiger charge is -2.28. The largest absolute Gasteiger partial charge is 0.449 e. The fourth-order valence-corrected chi connectivity index (χ4v) is 3.98. The van der Waals surface area contributed by atoms with Gasteiger partial charge in [0.05, 0.1) is 0 Å². The minimum atomic E-state index is -1.05. The van der Waals surface area contributed by atoms with Crippen molar-refractivity contribution in [1.29, 1.82) is 0 Å². The quantitative estimate of drug-likeness (QED) is 0.459. The maximum Gasteiger partial charge on any atom is 0.138 e. The summed E-state index contributed by atoms with van der Waals surface area (Å²) in [6.07, 6.45) is 7.50. The maximum atomic E-state index is 6.25. The van der Waals surface area contributed by atoms with Gasteiger partial charge in [0.25, 0.3) is 0 Å². The lowest BCUT2D eigenvalue weighted by molar-refractivity contribution is 0.618. The Bertz CT molecular complexity index is 796. The highest BCUT2D eigenvalue weighted by molar-refractivity contribution is 8.28. The summed E-state index contributed by atoms with van der Waals surface area (Å²) in [5, 5.41) is 0. The van der Waals surface area contributed by atoms with Gasteiger partial charge in [-0.05, 0) is 53.5 Å². The summed E-state index contributed by atoms with van der Waals surface area (Å²) in [6.45, 7) is 2.20. The van der Waals surface area contributed by atoms with Gasteiger partial charge < -0.3 is 4.18 Å². The molecule has 0 bridgehead atoms. The molecular weight excluding hydrogens is 336 g/mol. The highest BCUT2D eigenvalue weighted by Crippen LogP contribution is 2.41. The number of rotatable bonds is 6. The van der Waals surface area contributed by atoms with Crippen LogP contribution in [0.5, 0.6) is 5.75 Å². The van der Waals surface area contributed by atoms with E-state index < -0.39 is 10.3 Å². The Morgan fingerprint density at radius 2 is 1.27 bits per heavy atom. The van der Waals surface area contributed by atoms with Gasteiger partial charge in [0, 0.05) is 5.92 Å². The smallest absolute Gasteiger partial charge is 0.138 e. The first kappa shape index (κ1) is 18.6. The molecule has 3 rings (SSSR count). The first-order valence-electron chi connectivity index (χ1n) is 9.08. The van der Waals surface area contributed by atoms with E-state index >= 15 is 0 Å². The molecule has 0 N–H and O–H groups in total. The summed E-state index contributed by atoms with van der Waals surface area (Å²) in [6, 6.07) is 28.2. The van der Waals surface area contributed by atoms with Gasteiger partial charge in [-0.25, -0.2) is 0 Å². The molecule has 3 aromatic carbocycles. The molecule has 0 aliphatic heterocycles. The third kappa shape index (κ3) is 4.50. The van der Waals surface area contributed by atoms with Gasteiger partial charge in [0.15, 0.2) is 0 Å². The van der Waals surface area contributed by atoms with Gasteiger partial charge in [0.2, 0.25) is 0 Å². The lowest BCUT2D eigenvalue weighted by Crippen LogP contribution is -2.06. The maximum absolute atomic E-state index is 6.25. The number of hydrogen-bond donors (Lipinski definition) is 0. The normalized spacial score (nSPS) is 12.2. The summed E-state index contributed by atoms with van der Waals surface area (Å²) < 4.78 is 6.25. The molecule has 0 spiro atoms. The van der Waals surface area contributed by atoms with Crippen molar-refractivity contribution < 1.29 is 4.18 Å². The van der Waals surface area contributed by atoms with Gasteiger partial charge >= 0.3 is 0 Å². The van der Waals surface area contributed by atoms with E-state index in [0.717, 1.165) is 12.2 Å². The van der Waals surface area contributed by atoms with Crippen LogP contribution in [-0.4, -0.2) is 18.8 Å². The first-order valence-corrected chi connectivity index (χ1v) is 11.9. The molecule has 0 amide bonds. The van der Waals surface area contributed by atoms with E-state index in [1.54, 1.807) is 0 Å². The molecule has 3 aromatic rings. The van der Waals surface area contributed by atoms with Crippen molar-refractivity contribution in [2.45, 2.75) is 19.3 Å². The standard InChI is InChI=1S/C24H28OS/c1-5-19-18-22(16-17-23(19)25-26(2,3)4)24(20-12-8-6-9-13-20)21-14-10-7-11-15-21/h6-18,24H,5H2,1-4H3. The zero-order valence-corrected chi connectivity index (χ0v) is 16.9. The summed E-state index contributed by atoms with van der Waals surface area (Å²) in [7, 11) is -1.05. The average Bonchev–Trinajstić information content (AvgIpc) is 2.64. The van der Waals surface area contributed by atoms with Gasteiger partial charge in [-0.1, -0.05) is 79.7 Å². The minimum absolute atomic E-state index is 0.235. The van der Waals surface area contributed by atoms with Crippen LogP contribution in [0, 0.1) is 0 Å². The second-order valence-corrected chi connectivity index (χ2v) is 10.9. The molecule has 136 valence electrons. The third-order valence-electron chi connectivity index (χ3n) is 4.40. The predicted molar refractivity (Wildman–Crippen MR) is 116 cm³/mol. The third-order valence-corrected chi connectivity index (χ3v) is 5.08. The molecule has 0 aromatic heterocycles. The SMILES string of the molecule is CCc1cc(C(c2ccccc2)c2ccccc2)ccc1OS(C)(C)C. The summed E-state index contributed by atoms with van der Waals surface area (Å²) in [5.41, 5.74) is 5.23. The van der Waals surface area contributed by atoms with Crippen LogP contribution in [0.25, 0.3) is 0 Å². The van der Waals surface area contributed by atoms with Crippen molar-refractivity contribution >= 4 is 10.3 Å². The van der Waals surface area contributed by atoms with Crippen LogP contribution in [0.1, 0.15) is 35.1 Å². The predicted octanol–water partition coefficient (Wildman–Crippen LogP) is 6.42. The van der Waals surface area contributed by atoms with E-state index in [1.165, 1.54) is 22.3 Å². The second-order valence-electron chi connectivity index (χ2n) is 7.28. The van der Waals surface area contributed by atoms with Crippen LogP contribution < -0.4 is 4.18 Å². The molecule has 1 nitrogen and oxygen atoms in total. The Morgan fingerprint density at radius 1 is 0.731 bits per heavy atom. The summed E-state index contributed by atoms with van der Waals surface area (Å²) in [4.78, 5) is 0. The summed E-state index contributed by atoms with van der Waals surface area (Å²) >= 11 is 0. The van der Waals surface area contributed by atoms with Gasteiger partial charge in [-0.3, -0.25) is 0 Å². The molecule has 0 aliphatic rings. The number of hydrogen-bond acceptors (Lipinski definition) is 1. The van der Waals surface area contributed by atoms with Crippen LogP contribution in [0.2, 0.25) is 0 Å². The molecule has 0 unspecified atom stereocenters. The van der Waals surface area contributed by atoms with Crippen molar-refractivity contribution in [2.75, 3.05) is 18.8 Å². The van der Waals surface area contributed by atoms with E-state index in [-0.39, 0.29) is 5.92 Å². The topological polar surface area (TPSA) is 9.23 Å². The van der Waals surface area contributed by atoms with Gasteiger partial charge in [0.1, 0.15) is 5.75 Å². The second kappa shape index (κ2) is 8.01. The Labute approximate surface area is 159 Å². The fourth-order valence-electron chi connectivity index (χ4n) is 3.27. The Balaban J connectivity index is 2.07. The fraction of sp³-hybridized carbons (Fsp3) is 0.250. The van der Waals surface area contributed by atoms with E-state index in [0.29, 0.717) is 0 Å². The summed E-state index contributed by atoms with van der Waals surface area (Å²) in [5.74, 6) is 1.26. The van der Waals surface area contributed by atoms with Crippen molar-refractivity contribution in [3.05, 3.63) is 101 Å². The van der Waals surface area contributed by atoms with Crippen LogP contribution in [0.15, 0.2) is 78.9 Å². The van der Waals surface area contributed by atoms with Crippen molar-refractivity contribution in [3.63, 3.8) is 0 Å². The molecule has 0 radical (unpaired) electrons.